The van der Waals surface area contributed by atoms with Gasteiger partial charge in [0, 0.05) is 40.2 Å². The first-order valence-corrected chi connectivity index (χ1v) is 6.31. The van der Waals surface area contributed by atoms with Crippen LogP contribution in [-0.4, -0.2) is 44.1 Å². The molecule has 1 aliphatic rings. The molecule has 0 saturated carbocycles. The molecule has 104 valence electrons. The molecule has 0 unspecified atom stereocenters. The molecule has 0 N–H and O–H groups in total. The molecule has 19 heavy (non-hydrogen) atoms. The minimum atomic E-state index is -0.566. The molecule has 0 aromatic heterocycles. The Bertz CT molecular complexity index is 407. The van der Waals surface area contributed by atoms with E-state index in [2.05, 4.69) is 0 Å². The fourth-order valence-corrected chi connectivity index (χ4v) is 2.18. The van der Waals surface area contributed by atoms with Crippen molar-refractivity contribution in [1.82, 2.24) is 4.90 Å². The van der Waals surface area contributed by atoms with Crippen molar-refractivity contribution in [1.29, 1.82) is 0 Å². The monoisotopic (exact) mass is 265 g/mol. The number of rotatable bonds is 3. The third kappa shape index (κ3) is 3.24. The van der Waals surface area contributed by atoms with Crippen LogP contribution in [0.1, 0.15) is 12.8 Å². The van der Waals surface area contributed by atoms with Gasteiger partial charge in [0.15, 0.2) is 5.79 Å². The highest BCUT2D eigenvalue weighted by Crippen LogP contribution is 2.26. The van der Waals surface area contributed by atoms with E-state index in [1.807, 2.05) is 18.2 Å². The third-order valence-electron chi connectivity index (χ3n) is 3.48. The van der Waals surface area contributed by atoms with Gasteiger partial charge < -0.3 is 19.1 Å². The second-order valence-electron chi connectivity index (χ2n) is 4.49. The molecule has 1 fully saturated rings. The topological polar surface area (TPSA) is 48.0 Å². The second-order valence-corrected chi connectivity index (χ2v) is 4.49. The van der Waals surface area contributed by atoms with Gasteiger partial charge in [0.05, 0.1) is 0 Å². The molecule has 2 rings (SSSR count). The number of carbonyl (C=O) groups excluding carboxylic acids is 1. The molecule has 1 aliphatic heterocycles. The average molecular weight is 265 g/mol. The Kier molecular flexibility index (Phi) is 4.39. The summed E-state index contributed by atoms with van der Waals surface area (Å²) in [5.41, 5.74) is 0. The number of ether oxygens (including phenoxy) is 3. The SMILES string of the molecule is COC1(OC)CCN(C(=O)Oc2ccccc2)CC1. The van der Waals surface area contributed by atoms with Crippen molar-refractivity contribution in [2.24, 2.45) is 0 Å². The highest BCUT2D eigenvalue weighted by atomic mass is 16.7. The number of hydrogen-bond donors (Lipinski definition) is 0. The van der Waals surface area contributed by atoms with Crippen LogP contribution in [0.25, 0.3) is 0 Å². The maximum absolute atomic E-state index is 12.0. The predicted molar refractivity (Wildman–Crippen MR) is 70.0 cm³/mol. The molecule has 1 heterocycles. The molecule has 0 radical (unpaired) electrons. The zero-order chi connectivity index (χ0) is 13.7. The van der Waals surface area contributed by atoms with Gasteiger partial charge in [0.25, 0.3) is 0 Å². The van der Waals surface area contributed by atoms with Gasteiger partial charge in [0.2, 0.25) is 0 Å². The van der Waals surface area contributed by atoms with Gasteiger partial charge in [0.1, 0.15) is 5.75 Å². The lowest BCUT2D eigenvalue weighted by atomic mass is 10.0. The first-order chi connectivity index (χ1) is 9.19. The Balaban J connectivity index is 1.89. The molecule has 0 spiro atoms. The van der Waals surface area contributed by atoms with Crippen molar-refractivity contribution < 1.29 is 19.0 Å². The van der Waals surface area contributed by atoms with Crippen LogP contribution in [0.2, 0.25) is 0 Å². The smallest absolute Gasteiger partial charge is 0.410 e. The van der Waals surface area contributed by atoms with E-state index in [4.69, 9.17) is 14.2 Å². The van der Waals surface area contributed by atoms with Gasteiger partial charge >= 0.3 is 6.09 Å². The van der Waals surface area contributed by atoms with E-state index in [0.29, 0.717) is 31.7 Å². The molecule has 0 aliphatic carbocycles. The molecule has 5 heteroatoms. The van der Waals surface area contributed by atoms with E-state index in [0.717, 1.165) is 0 Å². The van der Waals surface area contributed by atoms with Crippen molar-refractivity contribution in [3.63, 3.8) is 0 Å². The molecule has 1 aromatic rings. The van der Waals surface area contributed by atoms with Crippen LogP contribution in [0.3, 0.4) is 0 Å². The van der Waals surface area contributed by atoms with Gasteiger partial charge in [-0.3, -0.25) is 0 Å². The number of likely N-dealkylation sites (tertiary alicyclic amines) is 1. The predicted octanol–water partition coefficient (Wildman–Crippen LogP) is 2.27. The number of methoxy groups -OCH3 is 2. The van der Waals surface area contributed by atoms with Gasteiger partial charge in [-0.2, -0.15) is 0 Å². The Hall–Kier alpha value is -1.59. The molecular formula is C14H19NO4. The number of para-hydroxylation sites is 1. The number of nitrogens with zero attached hydrogens (tertiary/aromatic N) is 1. The summed E-state index contributed by atoms with van der Waals surface area (Å²) in [4.78, 5) is 13.6. The normalized spacial score (nSPS) is 18.1. The molecule has 0 atom stereocenters. The van der Waals surface area contributed by atoms with Gasteiger partial charge in [-0.1, -0.05) is 18.2 Å². The van der Waals surface area contributed by atoms with E-state index in [1.165, 1.54) is 0 Å². The van der Waals surface area contributed by atoms with Crippen LogP contribution in [0, 0.1) is 0 Å². The largest absolute Gasteiger partial charge is 0.415 e. The average Bonchev–Trinajstić information content (AvgIpc) is 2.48. The fraction of sp³-hybridized carbons (Fsp3) is 0.500. The summed E-state index contributed by atoms with van der Waals surface area (Å²) >= 11 is 0. The first kappa shape index (κ1) is 13.8. The molecular weight excluding hydrogens is 246 g/mol. The summed E-state index contributed by atoms with van der Waals surface area (Å²) in [6.45, 7) is 1.13. The number of amides is 1. The van der Waals surface area contributed by atoms with E-state index in [-0.39, 0.29) is 6.09 Å². The maximum atomic E-state index is 12.0. The second kappa shape index (κ2) is 6.04. The molecule has 1 aromatic carbocycles. The molecule has 1 amide bonds. The van der Waals surface area contributed by atoms with E-state index >= 15 is 0 Å². The van der Waals surface area contributed by atoms with Crippen molar-refractivity contribution >= 4 is 6.09 Å². The van der Waals surface area contributed by atoms with E-state index in [1.54, 1.807) is 31.3 Å². The minimum Gasteiger partial charge on any atom is -0.410 e. The lowest BCUT2D eigenvalue weighted by Crippen LogP contribution is -2.49. The summed E-state index contributed by atoms with van der Waals surface area (Å²) in [6, 6.07) is 9.07. The number of hydrogen-bond acceptors (Lipinski definition) is 4. The minimum absolute atomic E-state index is 0.327. The van der Waals surface area contributed by atoms with Crippen molar-refractivity contribution in [2.45, 2.75) is 18.6 Å². The van der Waals surface area contributed by atoms with Gasteiger partial charge in [-0.15, -0.1) is 0 Å². The Morgan fingerprint density at radius 2 is 1.68 bits per heavy atom. The molecule has 0 bridgehead atoms. The zero-order valence-electron chi connectivity index (χ0n) is 11.3. The van der Waals surface area contributed by atoms with Gasteiger partial charge in [-0.25, -0.2) is 4.79 Å². The summed E-state index contributed by atoms with van der Waals surface area (Å²) in [5.74, 6) is -0.00778. The van der Waals surface area contributed by atoms with Crippen molar-refractivity contribution in [3.8, 4) is 5.75 Å². The standard InChI is InChI=1S/C14H19NO4/c1-17-14(18-2)8-10-15(11-9-14)13(16)19-12-6-4-3-5-7-12/h3-7H,8-11H2,1-2H3. The molecule has 5 nitrogen and oxygen atoms in total. The highest BCUT2D eigenvalue weighted by Gasteiger charge is 2.36. The zero-order valence-corrected chi connectivity index (χ0v) is 11.3. The van der Waals surface area contributed by atoms with Crippen LogP contribution < -0.4 is 4.74 Å². The maximum Gasteiger partial charge on any atom is 0.415 e. The summed E-state index contributed by atoms with van der Waals surface area (Å²) in [6.07, 6.45) is 0.959. The third-order valence-corrected chi connectivity index (χ3v) is 3.48. The number of benzene rings is 1. The summed E-state index contributed by atoms with van der Waals surface area (Å²) < 4.78 is 16.0. The number of carbonyl (C=O) groups is 1. The summed E-state index contributed by atoms with van der Waals surface area (Å²) in [5, 5.41) is 0. The van der Waals surface area contributed by atoms with E-state index < -0.39 is 5.79 Å². The highest BCUT2D eigenvalue weighted by molar-refractivity contribution is 5.70. The van der Waals surface area contributed by atoms with Crippen LogP contribution in [0.15, 0.2) is 30.3 Å². The van der Waals surface area contributed by atoms with Crippen molar-refractivity contribution in [2.75, 3.05) is 27.3 Å². The Morgan fingerprint density at radius 1 is 1.11 bits per heavy atom. The first-order valence-electron chi connectivity index (χ1n) is 6.31. The lowest BCUT2D eigenvalue weighted by molar-refractivity contribution is -0.226. The van der Waals surface area contributed by atoms with Crippen LogP contribution >= 0.6 is 0 Å². The fourth-order valence-electron chi connectivity index (χ4n) is 2.18. The van der Waals surface area contributed by atoms with E-state index in [9.17, 15) is 4.79 Å². The van der Waals surface area contributed by atoms with Crippen LogP contribution in [0.5, 0.6) is 5.75 Å². The van der Waals surface area contributed by atoms with Crippen LogP contribution in [-0.2, 0) is 9.47 Å². The number of piperidine rings is 1. The Labute approximate surface area is 113 Å². The lowest BCUT2D eigenvalue weighted by Gasteiger charge is -2.38. The Morgan fingerprint density at radius 3 is 2.21 bits per heavy atom. The van der Waals surface area contributed by atoms with Gasteiger partial charge in [-0.05, 0) is 12.1 Å². The van der Waals surface area contributed by atoms with Crippen molar-refractivity contribution in [3.05, 3.63) is 30.3 Å². The molecule has 1 saturated heterocycles. The summed E-state index contributed by atoms with van der Waals surface area (Å²) in [7, 11) is 3.25. The van der Waals surface area contributed by atoms with Crippen LogP contribution in [0.4, 0.5) is 4.79 Å². The quantitative estimate of drug-likeness (QED) is 0.787.